The topological polar surface area (TPSA) is 86.8 Å². The summed E-state index contributed by atoms with van der Waals surface area (Å²) in [6.45, 7) is 0.971. The van der Waals surface area contributed by atoms with E-state index in [4.69, 9.17) is 10.8 Å². The molecule has 1 fully saturated rings. The molecule has 1 saturated heterocycles. The zero-order valence-corrected chi connectivity index (χ0v) is 6.81. The van der Waals surface area contributed by atoms with E-state index in [2.05, 4.69) is 0 Å². The highest BCUT2D eigenvalue weighted by Crippen LogP contribution is 2.13. The Morgan fingerprint density at radius 3 is 2.83 bits per heavy atom. The minimum atomic E-state index is -1.02. The van der Waals surface area contributed by atoms with Crippen LogP contribution in [0, 0.1) is 0 Å². The van der Waals surface area contributed by atoms with Crippen molar-refractivity contribution in [3.8, 4) is 0 Å². The van der Waals surface area contributed by atoms with Crippen LogP contribution in [-0.4, -0.2) is 46.4 Å². The van der Waals surface area contributed by atoms with E-state index < -0.39 is 18.2 Å². The van der Waals surface area contributed by atoms with Crippen LogP contribution in [0.1, 0.15) is 12.8 Å². The summed E-state index contributed by atoms with van der Waals surface area (Å²) >= 11 is 0. The van der Waals surface area contributed by atoms with Gasteiger partial charge in [0.25, 0.3) is 0 Å². The molecular formula is C7H14N2O3. The first-order valence-corrected chi connectivity index (χ1v) is 4.02. The van der Waals surface area contributed by atoms with Crippen molar-refractivity contribution in [3.05, 3.63) is 0 Å². The summed E-state index contributed by atoms with van der Waals surface area (Å²) in [4.78, 5) is 12.1. The number of nitrogens with zero attached hydrogens (tertiary/aromatic N) is 1. The van der Waals surface area contributed by atoms with Crippen LogP contribution < -0.4 is 5.73 Å². The molecule has 2 atom stereocenters. The third kappa shape index (κ3) is 2.17. The van der Waals surface area contributed by atoms with Crippen LogP contribution in [0.5, 0.6) is 0 Å². The number of likely N-dealkylation sites (tertiary alicyclic amines) is 1. The van der Waals surface area contributed by atoms with Crippen LogP contribution in [0.3, 0.4) is 0 Å². The number of hydrogen-bond acceptors (Lipinski definition) is 4. The lowest BCUT2D eigenvalue weighted by atomic mass is 10.3. The van der Waals surface area contributed by atoms with Gasteiger partial charge in [0.2, 0.25) is 0 Å². The molecular weight excluding hydrogens is 160 g/mol. The molecule has 4 N–H and O–H groups in total. The molecule has 1 heterocycles. The first-order chi connectivity index (χ1) is 5.61. The van der Waals surface area contributed by atoms with E-state index in [0.29, 0.717) is 6.42 Å². The van der Waals surface area contributed by atoms with Gasteiger partial charge in [0.15, 0.2) is 0 Å². The lowest BCUT2D eigenvalue weighted by Crippen LogP contribution is -2.44. The van der Waals surface area contributed by atoms with Crippen molar-refractivity contribution < 1.29 is 15.0 Å². The van der Waals surface area contributed by atoms with Crippen LogP contribution in [0.4, 0.5) is 0 Å². The number of aliphatic hydroxyl groups excluding tert-OH is 1. The monoisotopic (exact) mass is 174 g/mol. The van der Waals surface area contributed by atoms with E-state index in [1.54, 1.807) is 4.90 Å². The summed E-state index contributed by atoms with van der Waals surface area (Å²) in [5, 5.41) is 17.8. The maximum absolute atomic E-state index is 10.4. The Morgan fingerprint density at radius 1 is 1.75 bits per heavy atom. The molecule has 0 aliphatic carbocycles. The van der Waals surface area contributed by atoms with Gasteiger partial charge in [-0.15, -0.1) is 0 Å². The largest absolute Gasteiger partial charge is 0.480 e. The van der Waals surface area contributed by atoms with Crippen molar-refractivity contribution in [3.63, 3.8) is 0 Å². The lowest BCUT2D eigenvalue weighted by Gasteiger charge is -2.21. The van der Waals surface area contributed by atoms with Gasteiger partial charge in [-0.1, -0.05) is 0 Å². The zero-order chi connectivity index (χ0) is 9.14. The Labute approximate surface area is 70.8 Å². The fourth-order valence-corrected chi connectivity index (χ4v) is 1.35. The lowest BCUT2D eigenvalue weighted by molar-refractivity contribution is -0.139. The van der Waals surface area contributed by atoms with Gasteiger partial charge in [-0.25, -0.2) is 0 Å². The predicted molar refractivity (Wildman–Crippen MR) is 42.4 cm³/mol. The maximum atomic E-state index is 10.4. The van der Waals surface area contributed by atoms with Gasteiger partial charge in [-0.3, -0.25) is 9.69 Å². The number of nitrogens with two attached hydrogens (primary N) is 1. The van der Waals surface area contributed by atoms with E-state index >= 15 is 0 Å². The third-order valence-corrected chi connectivity index (χ3v) is 2.08. The standard InChI is InChI=1S/C7H14N2O3/c8-5(7(11)12)4-9-3-1-2-6(9)10/h5-6,10H,1-4,8H2,(H,11,12)/t5-,6-/m0/s1. The minimum Gasteiger partial charge on any atom is -0.480 e. The second-order valence-electron chi connectivity index (χ2n) is 3.06. The van der Waals surface area contributed by atoms with Gasteiger partial charge in [-0.05, 0) is 12.8 Å². The van der Waals surface area contributed by atoms with E-state index in [1.165, 1.54) is 0 Å². The summed E-state index contributed by atoms with van der Waals surface area (Å²) in [5.74, 6) is -1.02. The van der Waals surface area contributed by atoms with Crippen LogP contribution in [0.2, 0.25) is 0 Å². The van der Waals surface area contributed by atoms with Crippen molar-refractivity contribution in [2.75, 3.05) is 13.1 Å². The number of rotatable bonds is 3. The second kappa shape index (κ2) is 3.84. The molecule has 70 valence electrons. The number of carbonyl (C=O) groups is 1. The summed E-state index contributed by atoms with van der Waals surface area (Å²) in [7, 11) is 0. The molecule has 1 rings (SSSR count). The van der Waals surface area contributed by atoms with Crippen LogP contribution in [0.25, 0.3) is 0 Å². The van der Waals surface area contributed by atoms with Crippen molar-refractivity contribution in [2.45, 2.75) is 25.1 Å². The van der Waals surface area contributed by atoms with E-state index in [9.17, 15) is 9.90 Å². The van der Waals surface area contributed by atoms with Gasteiger partial charge in [-0.2, -0.15) is 0 Å². The van der Waals surface area contributed by atoms with E-state index in [-0.39, 0.29) is 6.54 Å². The fraction of sp³-hybridized carbons (Fsp3) is 0.857. The van der Waals surface area contributed by atoms with Gasteiger partial charge >= 0.3 is 5.97 Å². The zero-order valence-electron chi connectivity index (χ0n) is 6.81. The third-order valence-electron chi connectivity index (χ3n) is 2.08. The first-order valence-electron chi connectivity index (χ1n) is 4.02. The second-order valence-corrected chi connectivity index (χ2v) is 3.06. The van der Waals surface area contributed by atoms with Crippen molar-refractivity contribution in [2.24, 2.45) is 5.73 Å². The number of carboxylic acids is 1. The SMILES string of the molecule is N[C@@H](CN1CCC[C@@H]1O)C(=O)O. The molecule has 0 bridgehead atoms. The highest BCUT2D eigenvalue weighted by Gasteiger charge is 2.25. The summed E-state index contributed by atoms with van der Waals surface area (Å²) < 4.78 is 0. The van der Waals surface area contributed by atoms with Crippen LogP contribution in [0.15, 0.2) is 0 Å². The minimum absolute atomic E-state index is 0.233. The van der Waals surface area contributed by atoms with Gasteiger partial charge < -0.3 is 15.9 Å². The van der Waals surface area contributed by atoms with Gasteiger partial charge in [0.05, 0.1) is 0 Å². The first kappa shape index (κ1) is 9.44. The Balaban J connectivity index is 2.35. The molecule has 0 spiro atoms. The molecule has 1 aliphatic heterocycles. The smallest absolute Gasteiger partial charge is 0.321 e. The molecule has 5 nitrogen and oxygen atoms in total. The van der Waals surface area contributed by atoms with Gasteiger partial charge in [0.1, 0.15) is 12.3 Å². The molecule has 5 heteroatoms. The average molecular weight is 174 g/mol. The Hall–Kier alpha value is -0.650. The fourth-order valence-electron chi connectivity index (χ4n) is 1.35. The highest BCUT2D eigenvalue weighted by molar-refractivity contribution is 5.73. The van der Waals surface area contributed by atoms with E-state index in [1.807, 2.05) is 0 Å². The van der Waals surface area contributed by atoms with Crippen LogP contribution in [-0.2, 0) is 4.79 Å². The molecule has 0 radical (unpaired) electrons. The molecule has 12 heavy (non-hydrogen) atoms. The molecule has 0 unspecified atom stereocenters. The average Bonchev–Trinajstić information content (AvgIpc) is 2.36. The van der Waals surface area contributed by atoms with E-state index in [0.717, 1.165) is 13.0 Å². The molecule has 0 amide bonds. The predicted octanol–water partition coefficient (Wildman–Crippen LogP) is -1.19. The van der Waals surface area contributed by atoms with Crippen molar-refractivity contribution in [1.82, 2.24) is 4.90 Å². The van der Waals surface area contributed by atoms with Crippen LogP contribution >= 0.6 is 0 Å². The summed E-state index contributed by atoms with van der Waals surface area (Å²) in [6.07, 6.45) is 1.12. The normalized spacial score (nSPS) is 27.3. The van der Waals surface area contributed by atoms with Crippen molar-refractivity contribution >= 4 is 5.97 Å². The number of aliphatic carboxylic acids is 1. The highest BCUT2D eigenvalue weighted by atomic mass is 16.4. The van der Waals surface area contributed by atoms with Crippen molar-refractivity contribution in [1.29, 1.82) is 0 Å². The number of aliphatic hydroxyl groups is 1. The molecule has 0 aromatic heterocycles. The Morgan fingerprint density at radius 2 is 2.42 bits per heavy atom. The molecule has 0 aromatic carbocycles. The number of hydrogen-bond donors (Lipinski definition) is 3. The molecule has 0 saturated carbocycles. The summed E-state index contributed by atoms with van der Waals surface area (Å²) in [6, 6.07) is -0.891. The quantitative estimate of drug-likeness (QED) is 0.501. The molecule has 1 aliphatic rings. The molecule has 0 aromatic rings. The Kier molecular flexibility index (Phi) is 3.02. The Bertz CT molecular complexity index is 174. The maximum Gasteiger partial charge on any atom is 0.321 e. The van der Waals surface area contributed by atoms with Gasteiger partial charge in [0, 0.05) is 13.1 Å². The number of carboxylic acid groups (broad SMARTS) is 1. The summed E-state index contributed by atoms with van der Waals surface area (Å²) in [5.41, 5.74) is 5.31.